The number of nitrogens with zero attached hydrogens (tertiary/aromatic N) is 5. The summed E-state index contributed by atoms with van der Waals surface area (Å²) in [6.45, 7) is 5.31. The van der Waals surface area contributed by atoms with Crippen LogP contribution in [0.25, 0.3) is 0 Å². The summed E-state index contributed by atoms with van der Waals surface area (Å²) < 4.78 is 1.54. The predicted octanol–water partition coefficient (Wildman–Crippen LogP) is 1.33. The fourth-order valence-electron chi connectivity index (χ4n) is 2.19. The first-order chi connectivity index (χ1) is 9.76. The molecule has 0 saturated heterocycles. The summed E-state index contributed by atoms with van der Waals surface area (Å²) >= 11 is 0. The number of carbonyl (C=O) groups excluding carboxylic acids is 1. The van der Waals surface area contributed by atoms with Crippen LogP contribution in [0.2, 0.25) is 0 Å². The summed E-state index contributed by atoms with van der Waals surface area (Å²) in [5, 5.41) is 11.2. The first kappa shape index (κ1) is 14.2. The maximum absolute atomic E-state index is 12.6. The van der Waals surface area contributed by atoms with E-state index in [1.165, 1.54) is 11.0 Å². The summed E-state index contributed by atoms with van der Waals surface area (Å²) in [6.07, 6.45) is 2.08. The van der Waals surface area contributed by atoms with Crippen LogP contribution in [0, 0.1) is 0 Å². The molecule has 2 rings (SSSR count). The molecule has 0 fully saturated rings. The fraction of sp³-hybridized carbons (Fsp3) is 0.429. The van der Waals surface area contributed by atoms with Crippen LogP contribution in [0.15, 0.2) is 36.7 Å². The Morgan fingerprint density at radius 2 is 1.95 bits per heavy atom. The van der Waals surface area contributed by atoms with Crippen LogP contribution in [0.1, 0.15) is 25.5 Å². The summed E-state index contributed by atoms with van der Waals surface area (Å²) in [7, 11) is 0. The van der Waals surface area contributed by atoms with Crippen molar-refractivity contribution in [2.24, 2.45) is 0 Å². The minimum atomic E-state index is -0.396. The van der Waals surface area contributed by atoms with Gasteiger partial charge in [0.1, 0.15) is 12.4 Å². The first-order valence-electron chi connectivity index (χ1n) is 6.81. The molecule has 0 unspecified atom stereocenters. The standard InChI is InChI=1S/C14H19N5O/c1-3-18(4-2)14(20)13(19-11-15-16-17-19)10-12-8-6-5-7-9-12/h5-9,11,13H,3-4,10H2,1-2H3/t13-/m1/s1. The monoisotopic (exact) mass is 273 g/mol. The number of aromatic nitrogens is 4. The number of likely N-dealkylation sites (N-methyl/N-ethyl adjacent to an activating group) is 1. The molecule has 1 atom stereocenters. The van der Waals surface area contributed by atoms with Crippen LogP contribution < -0.4 is 0 Å². The number of benzene rings is 1. The van der Waals surface area contributed by atoms with Gasteiger partial charge in [-0.15, -0.1) is 5.10 Å². The molecule has 1 aromatic heterocycles. The van der Waals surface area contributed by atoms with Crippen LogP contribution in [0.5, 0.6) is 0 Å². The van der Waals surface area contributed by atoms with Gasteiger partial charge in [-0.3, -0.25) is 4.79 Å². The molecule has 6 nitrogen and oxygen atoms in total. The van der Waals surface area contributed by atoms with Gasteiger partial charge in [0.2, 0.25) is 5.91 Å². The van der Waals surface area contributed by atoms with E-state index in [1.807, 2.05) is 44.2 Å². The minimum absolute atomic E-state index is 0.0474. The number of hydrogen-bond acceptors (Lipinski definition) is 4. The van der Waals surface area contributed by atoms with Crippen molar-refractivity contribution in [3.63, 3.8) is 0 Å². The number of rotatable bonds is 6. The smallest absolute Gasteiger partial charge is 0.247 e. The van der Waals surface area contributed by atoms with Gasteiger partial charge in [0.05, 0.1) is 0 Å². The molecule has 0 N–H and O–H groups in total. The highest BCUT2D eigenvalue weighted by molar-refractivity contribution is 5.80. The molecule has 0 aliphatic heterocycles. The molecule has 0 spiro atoms. The second-order valence-electron chi connectivity index (χ2n) is 4.51. The van der Waals surface area contributed by atoms with Crippen molar-refractivity contribution in [3.05, 3.63) is 42.2 Å². The molecule has 0 saturated carbocycles. The maximum Gasteiger partial charge on any atom is 0.247 e. The molecule has 0 radical (unpaired) electrons. The van der Waals surface area contributed by atoms with Gasteiger partial charge in [-0.1, -0.05) is 30.3 Å². The van der Waals surface area contributed by atoms with E-state index in [2.05, 4.69) is 15.5 Å². The van der Waals surface area contributed by atoms with Crippen molar-refractivity contribution in [2.45, 2.75) is 26.3 Å². The Morgan fingerprint density at radius 3 is 2.50 bits per heavy atom. The van der Waals surface area contributed by atoms with E-state index in [-0.39, 0.29) is 5.91 Å². The van der Waals surface area contributed by atoms with Crippen molar-refractivity contribution in [1.82, 2.24) is 25.1 Å². The highest BCUT2D eigenvalue weighted by atomic mass is 16.2. The minimum Gasteiger partial charge on any atom is -0.341 e. The highest BCUT2D eigenvalue weighted by Crippen LogP contribution is 2.16. The van der Waals surface area contributed by atoms with Gasteiger partial charge >= 0.3 is 0 Å². The zero-order valence-corrected chi connectivity index (χ0v) is 11.8. The van der Waals surface area contributed by atoms with Crippen LogP contribution in [0.4, 0.5) is 0 Å². The third kappa shape index (κ3) is 3.20. The SMILES string of the molecule is CCN(CC)C(=O)[C@@H](Cc1ccccc1)n1cnnn1. The summed E-state index contributed by atoms with van der Waals surface area (Å²) in [5.74, 6) is 0.0474. The van der Waals surface area contributed by atoms with Crippen LogP contribution in [-0.4, -0.2) is 44.1 Å². The molecule has 0 bridgehead atoms. The lowest BCUT2D eigenvalue weighted by molar-refractivity contribution is -0.134. The molecule has 1 aromatic carbocycles. The van der Waals surface area contributed by atoms with E-state index >= 15 is 0 Å². The van der Waals surface area contributed by atoms with Crippen molar-refractivity contribution in [1.29, 1.82) is 0 Å². The molecule has 2 aromatic rings. The van der Waals surface area contributed by atoms with Gasteiger partial charge < -0.3 is 4.90 Å². The Bertz CT molecular complexity index is 522. The molecule has 0 aliphatic rings. The highest BCUT2D eigenvalue weighted by Gasteiger charge is 2.25. The van der Waals surface area contributed by atoms with Gasteiger partial charge in [0.25, 0.3) is 0 Å². The average Bonchev–Trinajstić information content (AvgIpc) is 3.01. The van der Waals surface area contributed by atoms with Crippen LogP contribution in [-0.2, 0) is 11.2 Å². The first-order valence-corrected chi connectivity index (χ1v) is 6.81. The summed E-state index contributed by atoms with van der Waals surface area (Å²) in [5.41, 5.74) is 1.09. The zero-order valence-electron chi connectivity index (χ0n) is 11.8. The van der Waals surface area contributed by atoms with Gasteiger partial charge in [0.15, 0.2) is 0 Å². The lowest BCUT2D eigenvalue weighted by Crippen LogP contribution is -2.38. The quantitative estimate of drug-likeness (QED) is 0.796. The molecule has 20 heavy (non-hydrogen) atoms. The normalized spacial score (nSPS) is 12.1. The molecule has 106 valence electrons. The van der Waals surface area contributed by atoms with Crippen molar-refractivity contribution in [2.75, 3.05) is 13.1 Å². The van der Waals surface area contributed by atoms with Crippen LogP contribution >= 0.6 is 0 Å². The third-order valence-electron chi connectivity index (χ3n) is 3.32. The maximum atomic E-state index is 12.6. The van der Waals surface area contributed by atoms with Gasteiger partial charge in [-0.2, -0.15) is 0 Å². The second kappa shape index (κ2) is 6.79. The Balaban J connectivity index is 2.24. The van der Waals surface area contributed by atoms with Gasteiger partial charge in [-0.05, 0) is 29.8 Å². The summed E-state index contributed by atoms with van der Waals surface area (Å²) in [6, 6.07) is 9.51. The van der Waals surface area contributed by atoms with E-state index in [0.29, 0.717) is 19.5 Å². The summed E-state index contributed by atoms with van der Waals surface area (Å²) in [4.78, 5) is 14.4. The van der Waals surface area contributed by atoms with Crippen LogP contribution in [0.3, 0.4) is 0 Å². The third-order valence-corrected chi connectivity index (χ3v) is 3.32. The zero-order chi connectivity index (χ0) is 14.4. The number of carbonyl (C=O) groups is 1. The predicted molar refractivity (Wildman–Crippen MR) is 74.9 cm³/mol. The lowest BCUT2D eigenvalue weighted by Gasteiger charge is -2.24. The van der Waals surface area contributed by atoms with E-state index in [4.69, 9.17) is 0 Å². The largest absolute Gasteiger partial charge is 0.341 e. The van der Waals surface area contributed by atoms with Crippen molar-refractivity contribution in [3.8, 4) is 0 Å². The second-order valence-corrected chi connectivity index (χ2v) is 4.51. The van der Waals surface area contributed by atoms with Crippen molar-refractivity contribution < 1.29 is 4.79 Å². The van der Waals surface area contributed by atoms with E-state index in [0.717, 1.165) is 5.56 Å². The average molecular weight is 273 g/mol. The van der Waals surface area contributed by atoms with Gasteiger partial charge in [0, 0.05) is 19.5 Å². The molecule has 1 heterocycles. The Kier molecular flexibility index (Phi) is 4.81. The van der Waals surface area contributed by atoms with Gasteiger partial charge in [-0.25, -0.2) is 4.68 Å². The Labute approximate surface area is 118 Å². The number of tetrazole rings is 1. The molecule has 6 heteroatoms. The number of amides is 1. The van der Waals surface area contributed by atoms with E-state index in [9.17, 15) is 4.79 Å². The Morgan fingerprint density at radius 1 is 1.25 bits per heavy atom. The van der Waals surface area contributed by atoms with Crippen molar-refractivity contribution >= 4 is 5.91 Å². The Hall–Kier alpha value is -2.24. The van der Waals surface area contributed by atoms with E-state index in [1.54, 1.807) is 4.90 Å². The topological polar surface area (TPSA) is 63.9 Å². The molecule has 0 aliphatic carbocycles. The molecular weight excluding hydrogens is 254 g/mol. The molecule has 1 amide bonds. The van der Waals surface area contributed by atoms with E-state index < -0.39 is 6.04 Å². The number of hydrogen-bond donors (Lipinski definition) is 0. The fourth-order valence-corrected chi connectivity index (χ4v) is 2.19. The molecular formula is C14H19N5O. The lowest BCUT2D eigenvalue weighted by atomic mass is 10.0.